The lowest BCUT2D eigenvalue weighted by molar-refractivity contribution is 0.405. The quantitative estimate of drug-likeness (QED) is 0.913. The average molecular weight is 256 g/mol. The molecule has 100 valence electrons. The van der Waals surface area contributed by atoms with Crippen molar-refractivity contribution in [3.8, 4) is 5.75 Å². The molecule has 0 spiro atoms. The van der Waals surface area contributed by atoms with Gasteiger partial charge in [0, 0.05) is 17.0 Å². The molecule has 3 heteroatoms. The molecule has 1 aromatic carbocycles. The minimum Gasteiger partial charge on any atom is -0.496 e. The fraction of sp³-hybridized carbons (Fsp3) is 0.312. The molecule has 0 bridgehead atoms. The summed E-state index contributed by atoms with van der Waals surface area (Å²) in [5, 5.41) is 3.36. The highest BCUT2D eigenvalue weighted by Gasteiger charge is 2.16. The monoisotopic (exact) mass is 256 g/mol. The van der Waals surface area contributed by atoms with Gasteiger partial charge in [0.2, 0.25) is 0 Å². The molecule has 0 radical (unpaired) electrons. The topological polar surface area (TPSA) is 34.2 Å². The van der Waals surface area contributed by atoms with E-state index in [-0.39, 0.29) is 6.04 Å². The molecule has 3 nitrogen and oxygen atoms in total. The van der Waals surface area contributed by atoms with Gasteiger partial charge >= 0.3 is 0 Å². The van der Waals surface area contributed by atoms with Crippen LogP contribution in [0.3, 0.4) is 0 Å². The van der Waals surface area contributed by atoms with Crippen molar-refractivity contribution in [2.45, 2.75) is 19.9 Å². The first kappa shape index (κ1) is 13.6. The van der Waals surface area contributed by atoms with Crippen LogP contribution in [0.15, 0.2) is 36.4 Å². The van der Waals surface area contributed by atoms with Crippen molar-refractivity contribution in [2.24, 2.45) is 0 Å². The van der Waals surface area contributed by atoms with Crippen LogP contribution in [0.25, 0.3) is 0 Å². The van der Waals surface area contributed by atoms with Crippen molar-refractivity contribution < 1.29 is 4.74 Å². The summed E-state index contributed by atoms with van der Waals surface area (Å²) < 4.78 is 5.45. The molecule has 2 rings (SSSR count). The summed E-state index contributed by atoms with van der Waals surface area (Å²) in [6.07, 6.45) is 0. The molecule has 1 N–H and O–H groups in total. The summed E-state index contributed by atoms with van der Waals surface area (Å²) in [7, 11) is 3.66. The Morgan fingerprint density at radius 3 is 2.32 bits per heavy atom. The van der Waals surface area contributed by atoms with Gasteiger partial charge in [-0.3, -0.25) is 4.98 Å². The number of aromatic nitrogens is 1. The number of hydrogen-bond acceptors (Lipinski definition) is 3. The van der Waals surface area contributed by atoms with Crippen LogP contribution >= 0.6 is 0 Å². The zero-order chi connectivity index (χ0) is 13.8. The Hall–Kier alpha value is -1.87. The van der Waals surface area contributed by atoms with Gasteiger partial charge in [0.05, 0.1) is 13.2 Å². The molecular weight excluding hydrogens is 236 g/mol. The standard InChI is InChI=1S/C16H20N2O/c1-11-9-13(10-12(2)18-11)16(17-3)14-7-5-6-8-15(14)19-4/h5-10,16-17H,1-4H3. The number of ether oxygens (including phenoxy) is 1. The minimum atomic E-state index is 0.108. The molecule has 0 amide bonds. The van der Waals surface area contributed by atoms with Gasteiger partial charge in [-0.15, -0.1) is 0 Å². The predicted molar refractivity (Wildman–Crippen MR) is 77.6 cm³/mol. The number of nitrogens with one attached hydrogen (secondary N) is 1. The van der Waals surface area contributed by atoms with E-state index in [0.29, 0.717) is 0 Å². The second-order valence-electron chi connectivity index (χ2n) is 4.65. The third-order valence-corrected chi connectivity index (χ3v) is 3.18. The summed E-state index contributed by atoms with van der Waals surface area (Å²) in [6.45, 7) is 4.04. The van der Waals surface area contributed by atoms with Crippen LogP contribution in [0.5, 0.6) is 5.75 Å². The van der Waals surface area contributed by atoms with E-state index in [1.54, 1.807) is 7.11 Å². The molecule has 0 aliphatic carbocycles. The van der Waals surface area contributed by atoms with E-state index < -0.39 is 0 Å². The number of pyridine rings is 1. The van der Waals surface area contributed by atoms with Crippen LogP contribution in [-0.2, 0) is 0 Å². The number of hydrogen-bond donors (Lipinski definition) is 1. The number of benzene rings is 1. The second kappa shape index (κ2) is 5.85. The zero-order valence-electron chi connectivity index (χ0n) is 11.9. The molecule has 1 unspecified atom stereocenters. The van der Waals surface area contributed by atoms with Crippen LogP contribution in [0, 0.1) is 13.8 Å². The maximum atomic E-state index is 5.45. The van der Waals surface area contributed by atoms with Crippen LogP contribution in [0.1, 0.15) is 28.6 Å². The molecule has 1 aromatic heterocycles. The van der Waals surface area contributed by atoms with Gasteiger partial charge in [-0.25, -0.2) is 0 Å². The third-order valence-electron chi connectivity index (χ3n) is 3.18. The molecule has 0 saturated heterocycles. The third kappa shape index (κ3) is 2.93. The maximum Gasteiger partial charge on any atom is 0.123 e. The largest absolute Gasteiger partial charge is 0.496 e. The first-order chi connectivity index (χ1) is 9.15. The predicted octanol–water partition coefficient (Wildman–Crippen LogP) is 3.02. The molecule has 0 aliphatic heterocycles. The van der Waals surface area contributed by atoms with Crippen molar-refractivity contribution in [1.29, 1.82) is 0 Å². The number of para-hydroxylation sites is 1. The highest BCUT2D eigenvalue weighted by atomic mass is 16.5. The minimum absolute atomic E-state index is 0.108. The van der Waals surface area contributed by atoms with E-state index in [4.69, 9.17) is 4.74 Å². The summed E-state index contributed by atoms with van der Waals surface area (Å²) in [5.41, 5.74) is 4.41. The van der Waals surface area contributed by atoms with Crippen molar-refractivity contribution in [3.63, 3.8) is 0 Å². The molecule has 19 heavy (non-hydrogen) atoms. The van der Waals surface area contributed by atoms with E-state index >= 15 is 0 Å². The van der Waals surface area contributed by atoms with Crippen molar-refractivity contribution in [2.75, 3.05) is 14.2 Å². The van der Waals surface area contributed by atoms with Gasteiger partial charge in [-0.05, 0) is 44.7 Å². The Labute approximate surface area is 114 Å². The van der Waals surface area contributed by atoms with Crippen LogP contribution in [0.2, 0.25) is 0 Å². The van der Waals surface area contributed by atoms with Crippen LogP contribution < -0.4 is 10.1 Å². The van der Waals surface area contributed by atoms with Gasteiger partial charge in [0.15, 0.2) is 0 Å². The fourth-order valence-electron chi connectivity index (χ4n) is 2.44. The highest BCUT2D eigenvalue weighted by Crippen LogP contribution is 2.29. The lowest BCUT2D eigenvalue weighted by Crippen LogP contribution is -2.19. The molecule has 1 heterocycles. The van der Waals surface area contributed by atoms with E-state index in [0.717, 1.165) is 22.7 Å². The van der Waals surface area contributed by atoms with Crippen LogP contribution in [0.4, 0.5) is 0 Å². The number of nitrogens with zero attached hydrogens (tertiary/aromatic N) is 1. The summed E-state index contributed by atoms with van der Waals surface area (Å²) in [5.74, 6) is 0.897. The van der Waals surface area contributed by atoms with Gasteiger partial charge < -0.3 is 10.1 Å². The lowest BCUT2D eigenvalue weighted by Gasteiger charge is -2.20. The van der Waals surface area contributed by atoms with Crippen molar-refractivity contribution in [3.05, 3.63) is 58.9 Å². The maximum absolute atomic E-state index is 5.45. The number of rotatable bonds is 4. The van der Waals surface area contributed by atoms with E-state index in [2.05, 4.69) is 28.5 Å². The second-order valence-corrected chi connectivity index (χ2v) is 4.65. The average Bonchev–Trinajstić information content (AvgIpc) is 2.39. The molecule has 1 atom stereocenters. The molecule has 0 fully saturated rings. The van der Waals surface area contributed by atoms with Crippen LogP contribution in [-0.4, -0.2) is 19.1 Å². The number of methoxy groups -OCH3 is 1. The normalized spacial score (nSPS) is 12.2. The molecule has 0 aliphatic rings. The van der Waals surface area contributed by atoms with E-state index in [1.807, 2.05) is 39.1 Å². The zero-order valence-corrected chi connectivity index (χ0v) is 11.9. The van der Waals surface area contributed by atoms with Crippen molar-refractivity contribution in [1.82, 2.24) is 10.3 Å². The molecule has 2 aromatic rings. The Morgan fingerprint density at radius 1 is 1.11 bits per heavy atom. The smallest absolute Gasteiger partial charge is 0.123 e. The highest BCUT2D eigenvalue weighted by molar-refractivity contribution is 5.42. The first-order valence-electron chi connectivity index (χ1n) is 6.41. The lowest BCUT2D eigenvalue weighted by atomic mass is 9.97. The Balaban J connectivity index is 2.49. The number of aryl methyl sites for hydroxylation is 2. The Morgan fingerprint density at radius 2 is 1.74 bits per heavy atom. The van der Waals surface area contributed by atoms with E-state index in [1.165, 1.54) is 5.56 Å². The van der Waals surface area contributed by atoms with Gasteiger partial charge in [0.1, 0.15) is 5.75 Å². The van der Waals surface area contributed by atoms with E-state index in [9.17, 15) is 0 Å². The van der Waals surface area contributed by atoms with Gasteiger partial charge in [-0.2, -0.15) is 0 Å². The summed E-state index contributed by atoms with van der Waals surface area (Å²) in [6, 6.07) is 12.4. The van der Waals surface area contributed by atoms with Gasteiger partial charge in [-0.1, -0.05) is 18.2 Å². The SMILES string of the molecule is CNC(c1cc(C)nc(C)c1)c1ccccc1OC. The first-order valence-corrected chi connectivity index (χ1v) is 6.41. The molecule has 0 saturated carbocycles. The summed E-state index contributed by atoms with van der Waals surface area (Å²) >= 11 is 0. The Bertz CT molecular complexity index is 546. The van der Waals surface area contributed by atoms with Gasteiger partial charge in [0.25, 0.3) is 0 Å². The fourth-order valence-corrected chi connectivity index (χ4v) is 2.44. The Kier molecular flexibility index (Phi) is 4.17. The summed E-state index contributed by atoms with van der Waals surface area (Å²) in [4.78, 5) is 4.43. The molecular formula is C16H20N2O. The van der Waals surface area contributed by atoms with Crippen molar-refractivity contribution >= 4 is 0 Å².